The fourth-order valence-electron chi connectivity index (χ4n) is 2.14. The molecule has 0 aliphatic carbocycles. The van der Waals surface area contributed by atoms with Crippen molar-refractivity contribution in [3.05, 3.63) is 65.7 Å². The molecule has 0 spiro atoms. The first-order valence-corrected chi connectivity index (χ1v) is 8.19. The lowest BCUT2D eigenvalue weighted by Crippen LogP contribution is -2.17. The van der Waals surface area contributed by atoms with Gasteiger partial charge in [-0.2, -0.15) is 5.10 Å². The van der Waals surface area contributed by atoms with Gasteiger partial charge in [-0.05, 0) is 24.3 Å². The number of nitrogens with zero attached hydrogens (tertiary/aromatic N) is 4. The molecule has 0 radical (unpaired) electrons. The second kappa shape index (κ2) is 9.08. The molecule has 0 atom stereocenters. The van der Waals surface area contributed by atoms with Gasteiger partial charge in [0.1, 0.15) is 5.75 Å². The van der Waals surface area contributed by atoms with Gasteiger partial charge in [0.05, 0.1) is 20.4 Å². The predicted octanol–water partition coefficient (Wildman–Crippen LogP) is 2.45. The molecule has 0 fully saturated rings. The standard InChI is InChI=1S/C19H17N5O4/c1-26-17-21-18(27-2)23-19(22-17)28-15-11-7-6-10-14(15)12-20-24-16(25)13-8-4-3-5-9-13/h3-12H,1-2H3,(H,24,25). The van der Waals surface area contributed by atoms with E-state index in [0.29, 0.717) is 16.9 Å². The van der Waals surface area contributed by atoms with Crippen molar-refractivity contribution in [2.24, 2.45) is 5.10 Å². The van der Waals surface area contributed by atoms with Crippen LogP contribution in [0.2, 0.25) is 0 Å². The minimum Gasteiger partial charge on any atom is -0.467 e. The van der Waals surface area contributed by atoms with Gasteiger partial charge >= 0.3 is 18.0 Å². The highest BCUT2D eigenvalue weighted by molar-refractivity contribution is 5.95. The van der Waals surface area contributed by atoms with Crippen LogP contribution in [0.1, 0.15) is 15.9 Å². The highest BCUT2D eigenvalue weighted by Gasteiger charge is 2.11. The largest absolute Gasteiger partial charge is 0.467 e. The Morgan fingerprint density at radius 2 is 1.50 bits per heavy atom. The maximum Gasteiger partial charge on any atom is 0.331 e. The number of benzene rings is 2. The number of ether oxygens (including phenoxy) is 3. The number of carbonyl (C=O) groups excluding carboxylic acids is 1. The molecule has 0 bridgehead atoms. The molecule has 0 saturated carbocycles. The highest BCUT2D eigenvalue weighted by Crippen LogP contribution is 2.23. The van der Waals surface area contributed by atoms with Gasteiger partial charge in [-0.25, -0.2) is 5.43 Å². The number of rotatable bonds is 7. The van der Waals surface area contributed by atoms with Crippen LogP contribution in [0.15, 0.2) is 59.7 Å². The molecule has 0 aliphatic heterocycles. The summed E-state index contributed by atoms with van der Waals surface area (Å²) in [7, 11) is 2.85. The van der Waals surface area contributed by atoms with E-state index in [1.54, 1.807) is 42.5 Å². The molecule has 3 rings (SSSR count). The fraction of sp³-hybridized carbons (Fsp3) is 0.105. The number of para-hydroxylation sites is 1. The molecular weight excluding hydrogens is 362 g/mol. The number of nitrogens with one attached hydrogen (secondary N) is 1. The zero-order valence-corrected chi connectivity index (χ0v) is 15.2. The normalized spacial score (nSPS) is 10.5. The van der Waals surface area contributed by atoms with E-state index in [1.807, 2.05) is 12.1 Å². The molecule has 9 nitrogen and oxygen atoms in total. The van der Waals surface area contributed by atoms with Gasteiger partial charge in [-0.1, -0.05) is 30.3 Å². The Labute approximate surface area is 161 Å². The van der Waals surface area contributed by atoms with Crippen molar-refractivity contribution in [3.63, 3.8) is 0 Å². The van der Waals surface area contributed by atoms with Gasteiger partial charge in [-0.15, -0.1) is 15.0 Å². The number of hydrogen-bond donors (Lipinski definition) is 1. The van der Waals surface area contributed by atoms with Crippen LogP contribution in [-0.2, 0) is 0 Å². The molecule has 28 heavy (non-hydrogen) atoms. The van der Waals surface area contributed by atoms with Crippen molar-refractivity contribution in [3.8, 4) is 23.8 Å². The minimum atomic E-state index is -0.317. The summed E-state index contributed by atoms with van der Waals surface area (Å²) in [6.07, 6.45) is 1.46. The van der Waals surface area contributed by atoms with Crippen molar-refractivity contribution in [2.75, 3.05) is 14.2 Å². The Kier molecular flexibility index (Phi) is 6.09. The molecule has 0 unspecified atom stereocenters. The van der Waals surface area contributed by atoms with Crippen LogP contribution >= 0.6 is 0 Å². The van der Waals surface area contributed by atoms with E-state index in [1.165, 1.54) is 20.4 Å². The zero-order chi connectivity index (χ0) is 19.8. The van der Waals surface area contributed by atoms with Crippen LogP contribution in [0.4, 0.5) is 0 Å². The highest BCUT2D eigenvalue weighted by atomic mass is 16.5. The van der Waals surface area contributed by atoms with Crippen molar-refractivity contribution >= 4 is 12.1 Å². The van der Waals surface area contributed by atoms with Crippen LogP contribution in [-0.4, -0.2) is 41.3 Å². The molecule has 1 N–H and O–H groups in total. The first kappa shape index (κ1) is 18.8. The van der Waals surface area contributed by atoms with Gasteiger partial charge in [0.15, 0.2) is 0 Å². The third-order valence-electron chi connectivity index (χ3n) is 3.46. The second-order valence-electron chi connectivity index (χ2n) is 5.30. The molecule has 142 valence electrons. The number of methoxy groups -OCH3 is 2. The van der Waals surface area contributed by atoms with E-state index in [2.05, 4.69) is 25.5 Å². The van der Waals surface area contributed by atoms with E-state index < -0.39 is 0 Å². The van der Waals surface area contributed by atoms with Crippen molar-refractivity contribution in [1.29, 1.82) is 0 Å². The Balaban J connectivity index is 1.75. The maximum atomic E-state index is 12.0. The van der Waals surface area contributed by atoms with Gasteiger partial charge in [-0.3, -0.25) is 4.79 Å². The van der Waals surface area contributed by atoms with E-state index in [4.69, 9.17) is 14.2 Å². The van der Waals surface area contributed by atoms with Gasteiger partial charge in [0.25, 0.3) is 5.91 Å². The minimum absolute atomic E-state index is 0.00197. The summed E-state index contributed by atoms with van der Waals surface area (Å²) in [5, 5.41) is 3.98. The summed E-state index contributed by atoms with van der Waals surface area (Å²) in [5.74, 6) is 0.109. The lowest BCUT2D eigenvalue weighted by atomic mass is 10.2. The molecule has 1 heterocycles. The first-order valence-electron chi connectivity index (χ1n) is 8.19. The molecule has 3 aromatic rings. The van der Waals surface area contributed by atoms with E-state index >= 15 is 0 Å². The number of hydrazone groups is 1. The summed E-state index contributed by atoms with van der Waals surface area (Å²) < 4.78 is 15.7. The summed E-state index contributed by atoms with van der Waals surface area (Å²) >= 11 is 0. The summed E-state index contributed by atoms with van der Waals surface area (Å²) in [4.78, 5) is 24.0. The van der Waals surface area contributed by atoms with Crippen LogP contribution in [0.5, 0.6) is 23.8 Å². The molecule has 9 heteroatoms. The van der Waals surface area contributed by atoms with Crippen molar-refractivity contribution in [1.82, 2.24) is 20.4 Å². The summed E-state index contributed by atoms with van der Waals surface area (Å²) in [5.41, 5.74) is 3.58. The smallest absolute Gasteiger partial charge is 0.331 e. The van der Waals surface area contributed by atoms with Crippen LogP contribution in [0, 0.1) is 0 Å². The molecule has 1 aromatic heterocycles. The lowest BCUT2D eigenvalue weighted by Gasteiger charge is -2.08. The molecule has 2 aromatic carbocycles. The average molecular weight is 379 g/mol. The van der Waals surface area contributed by atoms with Gasteiger partial charge < -0.3 is 14.2 Å². The molecule has 0 aliphatic rings. The Bertz CT molecular complexity index is 957. The van der Waals surface area contributed by atoms with Gasteiger partial charge in [0.2, 0.25) is 0 Å². The Hall–Kier alpha value is -4.01. The molecular formula is C19H17N5O4. The SMILES string of the molecule is COc1nc(OC)nc(Oc2ccccc2C=NNC(=O)c2ccccc2)n1. The fourth-order valence-corrected chi connectivity index (χ4v) is 2.14. The van der Waals surface area contributed by atoms with Crippen LogP contribution < -0.4 is 19.6 Å². The van der Waals surface area contributed by atoms with Crippen LogP contribution in [0.25, 0.3) is 0 Å². The number of hydrogen-bond acceptors (Lipinski definition) is 8. The molecule has 0 saturated heterocycles. The maximum absolute atomic E-state index is 12.0. The van der Waals surface area contributed by atoms with E-state index in [0.717, 1.165) is 0 Å². The van der Waals surface area contributed by atoms with E-state index in [-0.39, 0.29) is 23.9 Å². The van der Waals surface area contributed by atoms with Crippen molar-refractivity contribution in [2.45, 2.75) is 0 Å². The summed E-state index contributed by atoms with van der Waals surface area (Å²) in [6.45, 7) is 0. The third kappa shape index (κ3) is 4.79. The topological polar surface area (TPSA) is 108 Å². The zero-order valence-electron chi connectivity index (χ0n) is 15.2. The Morgan fingerprint density at radius 3 is 2.18 bits per heavy atom. The monoisotopic (exact) mass is 379 g/mol. The molecule has 1 amide bonds. The second-order valence-corrected chi connectivity index (χ2v) is 5.30. The average Bonchev–Trinajstić information content (AvgIpc) is 2.75. The number of amides is 1. The lowest BCUT2D eigenvalue weighted by molar-refractivity contribution is 0.0955. The quantitative estimate of drug-likeness (QED) is 0.496. The van der Waals surface area contributed by atoms with Crippen molar-refractivity contribution < 1.29 is 19.0 Å². The van der Waals surface area contributed by atoms with E-state index in [9.17, 15) is 4.79 Å². The third-order valence-corrected chi connectivity index (χ3v) is 3.46. The predicted molar refractivity (Wildman–Crippen MR) is 101 cm³/mol. The number of carbonyl (C=O) groups is 1. The number of aromatic nitrogens is 3. The van der Waals surface area contributed by atoms with Crippen LogP contribution in [0.3, 0.4) is 0 Å². The Morgan fingerprint density at radius 1 is 0.893 bits per heavy atom. The van der Waals surface area contributed by atoms with Gasteiger partial charge in [0, 0.05) is 11.1 Å². The summed E-state index contributed by atoms with van der Waals surface area (Å²) in [6, 6.07) is 16.0. The first-order chi connectivity index (χ1) is 13.7.